The van der Waals surface area contributed by atoms with Crippen LogP contribution in [0.5, 0.6) is 23.0 Å². The maximum atomic E-state index is 14.8. The second-order valence-corrected chi connectivity index (χ2v) is 7.52. The maximum absolute atomic E-state index is 14.8. The summed E-state index contributed by atoms with van der Waals surface area (Å²) in [5.41, 5.74) is -1.06. The zero-order valence-electron chi connectivity index (χ0n) is 20.3. The molecular weight excluding hydrogens is 491 g/mol. The van der Waals surface area contributed by atoms with Gasteiger partial charge in [-0.15, -0.1) is 0 Å². The van der Waals surface area contributed by atoms with E-state index in [1.54, 1.807) is 0 Å². The lowest BCUT2D eigenvalue weighted by Crippen LogP contribution is -2.32. The van der Waals surface area contributed by atoms with Gasteiger partial charge in [-0.3, -0.25) is 14.9 Å². The average Bonchev–Trinajstić information content (AvgIpc) is 2.91. The average molecular weight is 514 g/mol. The molecule has 1 N–H and O–H groups in total. The van der Waals surface area contributed by atoms with Crippen LogP contribution in [0.2, 0.25) is 0 Å². The molecule has 37 heavy (non-hydrogen) atoms. The van der Waals surface area contributed by atoms with Crippen molar-refractivity contribution in [3.63, 3.8) is 0 Å². The molecule has 194 valence electrons. The van der Waals surface area contributed by atoms with Gasteiger partial charge in [-0.25, -0.2) is 9.18 Å². The van der Waals surface area contributed by atoms with E-state index in [4.69, 9.17) is 18.9 Å². The van der Waals surface area contributed by atoms with Crippen LogP contribution < -0.4 is 19.1 Å². The number of hydrogen-bond donors (Lipinski definition) is 1. The molecule has 0 unspecified atom stereocenters. The highest BCUT2D eigenvalue weighted by atomic mass is 19.1. The largest absolute Gasteiger partial charge is 0.506 e. The number of anilines is 1. The van der Waals surface area contributed by atoms with Crippen LogP contribution in [0.25, 0.3) is 0 Å². The van der Waals surface area contributed by atoms with E-state index in [0.29, 0.717) is 11.3 Å². The summed E-state index contributed by atoms with van der Waals surface area (Å²) in [6.45, 7) is -0.366. The number of hydrogen-bond acceptors (Lipinski definition) is 9. The lowest BCUT2D eigenvalue weighted by atomic mass is 10.1. The molecule has 0 aliphatic rings. The van der Waals surface area contributed by atoms with Crippen molar-refractivity contribution in [2.45, 2.75) is 6.54 Å². The van der Waals surface area contributed by atoms with E-state index in [2.05, 4.69) is 0 Å². The minimum Gasteiger partial charge on any atom is -0.506 e. The van der Waals surface area contributed by atoms with Crippen LogP contribution in [0.15, 0.2) is 48.5 Å². The summed E-state index contributed by atoms with van der Waals surface area (Å²) in [6.07, 6.45) is 0. The Hall–Kier alpha value is -4.87. The number of phenols is 1. The van der Waals surface area contributed by atoms with Gasteiger partial charge in [0.1, 0.15) is 28.8 Å². The fourth-order valence-electron chi connectivity index (χ4n) is 3.58. The van der Waals surface area contributed by atoms with Crippen molar-refractivity contribution < 1.29 is 43.0 Å². The molecule has 1 amide bonds. The number of carbonyl (C=O) groups is 2. The Morgan fingerprint density at radius 3 is 2.16 bits per heavy atom. The quantitative estimate of drug-likeness (QED) is 0.254. The molecule has 12 heteroatoms. The van der Waals surface area contributed by atoms with Gasteiger partial charge in [0.2, 0.25) is 0 Å². The number of non-ortho nitro benzene ring substituents is 1. The number of rotatable bonds is 9. The molecule has 11 nitrogen and oxygen atoms in total. The summed E-state index contributed by atoms with van der Waals surface area (Å²) < 4.78 is 35.6. The van der Waals surface area contributed by atoms with E-state index in [9.17, 15) is 29.2 Å². The number of methoxy groups -OCH3 is 4. The molecule has 3 rings (SSSR count). The molecule has 0 saturated heterocycles. The number of ether oxygens (including phenoxy) is 4. The third-order valence-corrected chi connectivity index (χ3v) is 5.46. The van der Waals surface area contributed by atoms with Crippen LogP contribution >= 0.6 is 0 Å². The van der Waals surface area contributed by atoms with Crippen LogP contribution in [0.4, 0.5) is 15.8 Å². The second kappa shape index (κ2) is 11.2. The Morgan fingerprint density at radius 2 is 1.62 bits per heavy atom. The van der Waals surface area contributed by atoms with E-state index in [1.165, 1.54) is 45.6 Å². The Balaban J connectivity index is 2.26. The topological polar surface area (TPSA) is 138 Å². The lowest BCUT2D eigenvalue weighted by molar-refractivity contribution is -0.384. The predicted octanol–water partition coefficient (Wildman–Crippen LogP) is 4.10. The maximum Gasteiger partial charge on any atom is 0.337 e. The van der Waals surface area contributed by atoms with Gasteiger partial charge in [-0.2, -0.15) is 0 Å². The molecule has 0 bridgehead atoms. The zero-order chi connectivity index (χ0) is 27.3. The van der Waals surface area contributed by atoms with Crippen molar-refractivity contribution in [2.75, 3.05) is 33.3 Å². The molecule has 0 fully saturated rings. The monoisotopic (exact) mass is 514 g/mol. The van der Waals surface area contributed by atoms with Gasteiger partial charge < -0.3 is 29.0 Å². The zero-order valence-corrected chi connectivity index (χ0v) is 20.3. The molecule has 0 radical (unpaired) electrons. The second-order valence-electron chi connectivity index (χ2n) is 7.52. The summed E-state index contributed by atoms with van der Waals surface area (Å²) in [5, 5.41) is 21.9. The number of nitro benzene ring substituents is 1. The standard InChI is InChI=1S/C25H23FN2O9/c1-34-16-11-22(35-2)18(23(12-16)36-3)13-27(20-9-14(25(31)37-4)5-8-21(20)29)24(30)17-10-15(28(32)33)6-7-19(17)26/h5-12,29H,13H2,1-4H3. The summed E-state index contributed by atoms with van der Waals surface area (Å²) in [7, 11) is 5.34. The van der Waals surface area contributed by atoms with Crippen molar-refractivity contribution in [1.82, 2.24) is 0 Å². The van der Waals surface area contributed by atoms with E-state index in [0.717, 1.165) is 36.3 Å². The molecule has 0 aromatic heterocycles. The first-order valence-electron chi connectivity index (χ1n) is 10.6. The van der Waals surface area contributed by atoms with Gasteiger partial charge in [-0.05, 0) is 24.3 Å². The molecule has 3 aromatic carbocycles. The van der Waals surface area contributed by atoms with Gasteiger partial charge in [0.05, 0.1) is 62.3 Å². The highest BCUT2D eigenvalue weighted by molar-refractivity contribution is 6.08. The summed E-state index contributed by atoms with van der Waals surface area (Å²) in [6, 6.07) is 9.16. The third kappa shape index (κ3) is 5.53. The number of nitrogens with zero attached hydrogens (tertiary/aromatic N) is 2. The van der Waals surface area contributed by atoms with Crippen molar-refractivity contribution >= 4 is 23.3 Å². The Bertz CT molecular complexity index is 1330. The molecule has 0 atom stereocenters. The number of aromatic hydroxyl groups is 1. The highest BCUT2D eigenvalue weighted by Gasteiger charge is 2.29. The fourth-order valence-corrected chi connectivity index (χ4v) is 3.58. The molecule has 0 heterocycles. The van der Waals surface area contributed by atoms with E-state index in [1.807, 2.05) is 0 Å². The van der Waals surface area contributed by atoms with Crippen molar-refractivity contribution in [3.05, 3.63) is 81.2 Å². The smallest absolute Gasteiger partial charge is 0.337 e. The van der Waals surface area contributed by atoms with E-state index >= 15 is 0 Å². The van der Waals surface area contributed by atoms with Crippen molar-refractivity contribution in [1.29, 1.82) is 0 Å². The lowest BCUT2D eigenvalue weighted by Gasteiger charge is -2.26. The molecular formula is C25H23FN2O9. The normalized spacial score (nSPS) is 10.4. The van der Waals surface area contributed by atoms with Gasteiger partial charge in [-0.1, -0.05) is 0 Å². The van der Waals surface area contributed by atoms with E-state index < -0.39 is 39.6 Å². The van der Waals surface area contributed by atoms with Crippen molar-refractivity contribution in [3.8, 4) is 23.0 Å². The summed E-state index contributed by atoms with van der Waals surface area (Å²) in [4.78, 5) is 37.3. The number of benzene rings is 3. The SMILES string of the molecule is COC(=O)c1ccc(O)c(N(Cc2c(OC)cc(OC)cc2OC)C(=O)c2cc([N+](=O)[O-])ccc2F)c1. The van der Waals surface area contributed by atoms with Crippen LogP contribution in [0.3, 0.4) is 0 Å². The number of esters is 1. The molecule has 0 saturated carbocycles. The molecule has 3 aromatic rings. The van der Waals surface area contributed by atoms with Crippen LogP contribution in [0.1, 0.15) is 26.3 Å². The minimum absolute atomic E-state index is 0.0127. The van der Waals surface area contributed by atoms with Crippen LogP contribution in [-0.4, -0.2) is 50.3 Å². The highest BCUT2D eigenvalue weighted by Crippen LogP contribution is 2.38. The Morgan fingerprint density at radius 1 is 0.973 bits per heavy atom. The first-order valence-corrected chi connectivity index (χ1v) is 10.6. The number of nitro groups is 1. The summed E-state index contributed by atoms with van der Waals surface area (Å²) >= 11 is 0. The van der Waals surface area contributed by atoms with Crippen molar-refractivity contribution in [2.24, 2.45) is 0 Å². The number of halogens is 1. The fraction of sp³-hybridized carbons (Fsp3) is 0.200. The van der Waals surface area contributed by atoms with Gasteiger partial charge in [0.25, 0.3) is 11.6 Å². The van der Waals surface area contributed by atoms with Gasteiger partial charge >= 0.3 is 5.97 Å². The summed E-state index contributed by atoms with van der Waals surface area (Å²) in [5.74, 6) is -2.41. The van der Waals surface area contributed by atoms with Gasteiger partial charge in [0.15, 0.2) is 0 Å². The van der Waals surface area contributed by atoms with Gasteiger partial charge in [0, 0.05) is 24.3 Å². The predicted molar refractivity (Wildman–Crippen MR) is 129 cm³/mol. The third-order valence-electron chi connectivity index (χ3n) is 5.46. The first kappa shape index (κ1) is 26.7. The minimum atomic E-state index is -1.04. The first-order chi connectivity index (χ1) is 17.6. The number of amides is 1. The molecule has 0 aliphatic heterocycles. The Kier molecular flexibility index (Phi) is 8.12. The molecule has 0 aliphatic carbocycles. The number of carbonyl (C=O) groups excluding carboxylic acids is 2. The van der Waals surface area contributed by atoms with Crippen LogP contribution in [0, 0.1) is 15.9 Å². The van der Waals surface area contributed by atoms with E-state index in [-0.39, 0.29) is 29.3 Å². The Labute approximate surface area is 210 Å². The molecule has 0 spiro atoms. The number of phenolic OH excluding ortho intramolecular Hbond substituents is 1. The van der Waals surface area contributed by atoms with Crippen LogP contribution in [-0.2, 0) is 11.3 Å².